The Labute approximate surface area is 260 Å². The van der Waals surface area contributed by atoms with Gasteiger partial charge in [-0.1, -0.05) is 48.5 Å². The van der Waals surface area contributed by atoms with E-state index >= 15 is 0 Å². The van der Waals surface area contributed by atoms with Crippen molar-refractivity contribution in [1.29, 1.82) is 0 Å². The van der Waals surface area contributed by atoms with Gasteiger partial charge in [-0.25, -0.2) is 4.79 Å². The number of anilines is 2. The molecule has 1 fully saturated rings. The van der Waals surface area contributed by atoms with E-state index < -0.39 is 5.97 Å². The Bertz CT molecular complexity index is 1510. The fourth-order valence-corrected chi connectivity index (χ4v) is 6.20. The van der Waals surface area contributed by atoms with Crippen molar-refractivity contribution in [2.24, 2.45) is 0 Å². The Morgan fingerprint density at radius 1 is 0.841 bits per heavy atom. The highest BCUT2D eigenvalue weighted by atomic mass is 16.4. The summed E-state index contributed by atoms with van der Waals surface area (Å²) in [6.07, 6.45) is 2.87. The molecule has 1 aromatic heterocycles. The molecule has 44 heavy (non-hydrogen) atoms. The third kappa shape index (κ3) is 7.71. The van der Waals surface area contributed by atoms with Crippen LogP contribution >= 0.6 is 0 Å². The van der Waals surface area contributed by atoms with E-state index in [9.17, 15) is 14.7 Å². The molecule has 0 bridgehead atoms. The Kier molecular flexibility index (Phi) is 10.1. The third-order valence-corrected chi connectivity index (χ3v) is 8.62. The largest absolute Gasteiger partial charge is 0.478 e. The van der Waals surface area contributed by atoms with Crippen molar-refractivity contribution in [2.75, 3.05) is 29.4 Å². The number of carboxylic acid groups (broad SMARTS) is 1. The number of aromatic carboxylic acids is 1. The van der Waals surface area contributed by atoms with Crippen LogP contribution in [0.2, 0.25) is 0 Å². The topological polar surface area (TPSA) is 77.0 Å². The van der Waals surface area contributed by atoms with E-state index in [1.807, 2.05) is 79.4 Å². The van der Waals surface area contributed by atoms with E-state index in [0.717, 1.165) is 61.7 Å². The summed E-state index contributed by atoms with van der Waals surface area (Å²) in [4.78, 5) is 36.5. The number of pyridine rings is 1. The number of nitrogens with zero attached hydrogens (tertiary/aromatic N) is 4. The fourth-order valence-electron chi connectivity index (χ4n) is 6.20. The van der Waals surface area contributed by atoms with Gasteiger partial charge in [0.1, 0.15) is 0 Å². The first kappa shape index (κ1) is 31.0. The number of aromatic nitrogens is 1. The smallest absolute Gasteiger partial charge is 0.335 e. The molecule has 0 saturated carbocycles. The Balaban J connectivity index is 1.26. The van der Waals surface area contributed by atoms with Crippen molar-refractivity contribution >= 4 is 23.3 Å². The fraction of sp³-hybridized carbons (Fsp3) is 0.324. The number of rotatable bonds is 11. The second-order valence-corrected chi connectivity index (χ2v) is 11.8. The molecule has 1 atom stereocenters. The van der Waals surface area contributed by atoms with Crippen LogP contribution in [-0.2, 0) is 6.54 Å². The predicted octanol–water partition coefficient (Wildman–Crippen LogP) is 6.99. The zero-order chi connectivity index (χ0) is 31.1. The van der Waals surface area contributed by atoms with Gasteiger partial charge in [-0.15, -0.1) is 0 Å². The van der Waals surface area contributed by atoms with Gasteiger partial charge in [-0.2, -0.15) is 0 Å². The Morgan fingerprint density at radius 3 is 2.02 bits per heavy atom. The molecule has 3 aromatic carbocycles. The Morgan fingerprint density at radius 2 is 1.43 bits per heavy atom. The summed E-state index contributed by atoms with van der Waals surface area (Å²) < 4.78 is 0. The summed E-state index contributed by atoms with van der Waals surface area (Å²) in [5.41, 5.74) is 5.95. The quantitative estimate of drug-likeness (QED) is 0.203. The molecule has 7 heteroatoms. The molecule has 4 aromatic rings. The minimum Gasteiger partial charge on any atom is -0.478 e. The van der Waals surface area contributed by atoms with Crippen LogP contribution < -0.4 is 9.80 Å². The first-order valence-electron chi connectivity index (χ1n) is 15.5. The van der Waals surface area contributed by atoms with Crippen LogP contribution in [0.4, 0.5) is 11.4 Å². The summed E-state index contributed by atoms with van der Waals surface area (Å²) in [5, 5.41) is 9.39. The molecule has 7 nitrogen and oxygen atoms in total. The highest BCUT2D eigenvalue weighted by molar-refractivity contribution is 6.06. The molecule has 0 aliphatic carbocycles. The number of carbonyl (C=O) groups excluding carboxylic acids is 1. The minimum atomic E-state index is -0.910. The number of hydrogen-bond donors (Lipinski definition) is 1. The average molecular weight is 591 g/mol. The average Bonchev–Trinajstić information content (AvgIpc) is 3.04. The van der Waals surface area contributed by atoms with Gasteiger partial charge in [0.25, 0.3) is 5.91 Å². The third-order valence-electron chi connectivity index (χ3n) is 8.62. The zero-order valence-electron chi connectivity index (χ0n) is 25.9. The lowest BCUT2D eigenvalue weighted by Gasteiger charge is -2.42. The normalized spacial score (nSPS) is 14.6. The second-order valence-electron chi connectivity index (χ2n) is 11.8. The molecule has 0 spiro atoms. The maximum Gasteiger partial charge on any atom is 0.335 e. The molecular formula is C37H42N4O3. The zero-order valence-corrected chi connectivity index (χ0v) is 25.9. The number of carbonyl (C=O) groups is 2. The van der Waals surface area contributed by atoms with Crippen LogP contribution in [0.25, 0.3) is 0 Å². The van der Waals surface area contributed by atoms with Crippen molar-refractivity contribution in [1.82, 2.24) is 9.88 Å². The number of carboxylic acids is 1. The minimum absolute atomic E-state index is 0.00646. The summed E-state index contributed by atoms with van der Waals surface area (Å²) in [6, 6.07) is 31.8. The molecule has 1 N–H and O–H groups in total. The van der Waals surface area contributed by atoms with Gasteiger partial charge in [0.05, 0.1) is 5.56 Å². The maximum absolute atomic E-state index is 13.7. The van der Waals surface area contributed by atoms with E-state index in [-0.39, 0.29) is 5.91 Å². The molecule has 1 unspecified atom stereocenters. The molecule has 1 aliphatic heterocycles. The van der Waals surface area contributed by atoms with Crippen molar-refractivity contribution in [2.45, 2.75) is 58.7 Å². The number of likely N-dealkylation sites (tertiary alicyclic amines) is 1. The summed E-state index contributed by atoms with van der Waals surface area (Å²) in [6.45, 7) is 9.52. The first-order chi connectivity index (χ1) is 21.3. The monoisotopic (exact) mass is 590 g/mol. The second kappa shape index (κ2) is 14.3. The first-order valence-corrected chi connectivity index (χ1v) is 15.5. The number of aryl methyl sites for hydroxylation is 2. The van der Waals surface area contributed by atoms with Gasteiger partial charge in [0.15, 0.2) is 0 Å². The molecular weight excluding hydrogens is 548 g/mol. The number of hydrogen-bond acceptors (Lipinski definition) is 5. The van der Waals surface area contributed by atoms with Gasteiger partial charge in [-0.05, 0) is 94.1 Å². The van der Waals surface area contributed by atoms with Crippen LogP contribution in [-0.4, -0.2) is 58.6 Å². The molecule has 1 aliphatic rings. The van der Waals surface area contributed by atoms with Crippen LogP contribution in [0.1, 0.15) is 63.9 Å². The predicted molar refractivity (Wildman–Crippen MR) is 177 cm³/mol. The molecule has 5 rings (SSSR count). The van der Waals surface area contributed by atoms with Crippen molar-refractivity contribution in [3.8, 4) is 0 Å². The molecule has 1 saturated heterocycles. The standard InChI is InChI=1S/C37H42N4O3/c1-27-24-35(25-28(2)38-27)40(36(42)31-12-8-5-9-13-31)23-18-29(3)39-21-19-34(20-22-39)41(26-30-10-6-4-7-11-30)33-16-14-32(15-17-33)37(43)44/h4-17,24-25,29,34H,18-23,26H2,1-3H3,(H,43,44). The summed E-state index contributed by atoms with van der Waals surface area (Å²) in [5.74, 6) is -0.904. The van der Waals surface area contributed by atoms with E-state index in [2.05, 4.69) is 46.0 Å². The number of amides is 1. The number of benzene rings is 3. The van der Waals surface area contributed by atoms with Crippen LogP contribution in [0, 0.1) is 13.8 Å². The highest BCUT2D eigenvalue weighted by Gasteiger charge is 2.28. The van der Waals surface area contributed by atoms with Crippen molar-refractivity contribution < 1.29 is 14.7 Å². The summed E-state index contributed by atoms with van der Waals surface area (Å²) >= 11 is 0. The van der Waals surface area contributed by atoms with Gasteiger partial charge < -0.3 is 19.8 Å². The lowest BCUT2D eigenvalue weighted by molar-refractivity contribution is 0.0696. The van der Waals surface area contributed by atoms with Crippen molar-refractivity contribution in [3.05, 3.63) is 125 Å². The Hall–Kier alpha value is -4.49. The van der Waals surface area contributed by atoms with E-state index in [1.54, 1.807) is 12.1 Å². The molecule has 228 valence electrons. The van der Waals surface area contributed by atoms with Crippen LogP contribution in [0.3, 0.4) is 0 Å². The summed E-state index contributed by atoms with van der Waals surface area (Å²) in [7, 11) is 0. The lowest BCUT2D eigenvalue weighted by atomic mass is 9.99. The van der Waals surface area contributed by atoms with Crippen LogP contribution in [0.5, 0.6) is 0 Å². The van der Waals surface area contributed by atoms with Crippen molar-refractivity contribution in [3.63, 3.8) is 0 Å². The number of piperidine rings is 1. The maximum atomic E-state index is 13.7. The van der Waals surface area contributed by atoms with Crippen LogP contribution in [0.15, 0.2) is 97.1 Å². The highest BCUT2D eigenvalue weighted by Crippen LogP contribution is 2.28. The van der Waals surface area contributed by atoms with Gasteiger partial charge in [-0.3, -0.25) is 9.78 Å². The molecule has 0 radical (unpaired) electrons. The molecule has 1 amide bonds. The van der Waals surface area contributed by atoms with Gasteiger partial charge >= 0.3 is 5.97 Å². The SMILES string of the molecule is Cc1cc(N(CCC(C)N2CCC(N(Cc3ccccc3)c3ccc(C(=O)O)cc3)CC2)C(=O)c2ccccc2)cc(C)n1. The van der Waals surface area contributed by atoms with Gasteiger partial charge in [0, 0.05) is 66.6 Å². The van der Waals surface area contributed by atoms with E-state index in [1.165, 1.54) is 5.56 Å². The van der Waals surface area contributed by atoms with E-state index in [0.29, 0.717) is 29.8 Å². The van der Waals surface area contributed by atoms with Gasteiger partial charge in [0.2, 0.25) is 0 Å². The lowest BCUT2D eigenvalue weighted by Crippen LogP contribution is -2.48. The molecule has 2 heterocycles. The van der Waals surface area contributed by atoms with E-state index in [4.69, 9.17) is 0 Å².